The van der Waals surface area contributed by atoms with Crippen molar-refractivity contribution in [3.05, 3.63) is 34.3 Å². The molecule has 1 N–H and O–H groups in total. The van der Waals surface area contributed by atoms with Crippen LogP contribution in [0.3, 0.4) is 0 Å². The van der Waals surface area contributed by atoms with Crippen molar-refractivity contribution in [2.45, 2.75) is 53.0 Å². The van der Waals surface area contributed by atoms with Crippen molar-refractivity contribution in [2.75, 3.05) is 6.54 Å². The van der Waals surface area contributed by atoms with Gasteiger partial charge >= 0.3 is 0 Å². The van der Waals surface area contributed by atoms with Gasteiger partial charge in [-0.1, -0.05) is 51.3 Å². The quantitative estimate of drug-likeness (QED) is 0.723. The highest BCUT2D eigenvalue weighted by Gasteiger charge is 2.11. The van der Waals surface area contributed by atoms with Crippen LogP contribution in [0, 0.1) is 12.8 Å². The molecule has 0 fully saturated rings. The number of hydrogen-bond acceptors (Lipinski definition) is 1. The van der Waals surface area contributed by atoms with Crippen LogP contribution in [0.25, 0.3) is 0 Å². The van der Waals surface area contributed by atoms with Crippen LogP contribution in [-0.2, 0) is 0 Å². The molecule has 1 aromatic rings. The van der Waals surface area contributed by atoms with Gasteiger partial charge in [0.05, 0.1) is 0 Å². The summed E-state index contributed by atoms with van der Waals surface area (Å²) >= 11 is 6.15. The highest BCUT2D eigenvalue weighted by Crippen LogP contribution is 2.24. The van der Waals surface area contributed by atoms with Crippen molar-refractivity contribution < 1.29 is 0 Å². The second-order valence-electron chi connectivity index (χ2n) is 5.50. The minimum atomic E-state index is 0.436. The van der Waals surface area contributed by atoms with Crippen LogP contribution < -0.4 is 5.32 Å². The largest absolute Gasteiger partial charge is 0.310 e. The monoisotopic (exact) mass is 267 g/mol. The molecule has 2 heteroatoms. The smallest absolute Gasteiger partial charge is 0.0411 e. The molecule has 0 bridgehead atoms. The van der Waals surface area contributed by atoms with Crippen LogP contribution in [0.5, 0.6) is 0 Å². The molecule has 1 rings (SSSR count). The van der Waals surface area contributed by atoms with Gasteiger partial charge in [0.15, 0.2) is 0 Å². The van der Waals surface area contributed by atoms with Crippen LogP contribution >= 0.6 is 11.6 Å². The van der Waals surface area contributed by atoms with E-state index in [9.17, 15) is 0 Å². The lowest BCUT2D eigenvalue weighted by molar-refractivity contribution is 0.455. The van der Waals surface area contributed by atoms with Gasteiger partial charge in [0.25, 0.3) is 0 Å². The standard InChI is InChI=1S/C16H26ClN/c1-5-18-16(8-6-7-12(2)3)14-9-13(4)10-15(17)11-14/h9-12,16,18H,5-8H2,1-4H3. The molecule has 0 saturated carbocycles. The number of nitrogens with one attached hydrogen (secondary N) is 1. The average molecular weight is 268 g/mol. The SMILES string of the molecule is CCNC(CCCC(C)C)c1cc(C)cc(Cl)c1. The molecule has 18 heavy (non-hydrogen) atoms. The van der Waals surface area contributed by atoms with Gasteiger partial charge in [0.2, 0.25) is 0 Å². The first-order chi connectivity index (χ1) is 8.52. The van der Waals surface area contributed by atoms with E-state index in [1.54, 1.807) is 0 Å². The summed E-state index contributed by atoms with van der Waals surface area (Å²) in [5.74, 6) is 0.786. The molecule has 0 spiro atoms. The Morgan fingerprint density at radius 3 is 2.44 bits per heavy atom. The molecule has 0 aliphatic heterocycles. The van der Waals surface area contributed by atoms with E-state index in [2.05, 4.69) is 45.1 Å². The molecule has 1 atom stereocenters. The molecule has 0 aliphatic carbocycles. The predicted molar refractivity (Wildman–Crippen MR) is 81.3 cm³/mol. The van der Waals surface area contributed by atoms with E-state index < -0.39 is 0 Å². The van der Waals surface area contributed by atoms with Gasteiger partial charge in [-0.15, -0.1) is 0 Å². The Labute approximate surface area is 117 Å². The summed E-state index contributed by atoms with van der Waals surface area (Å²) in [6.45, 7) is 9.83. The third-order valence-electron chi connectivity index (χ3n) is 3.19. The van der Waals surface area contributed by atoms with Crippen molar-refractivity contribution in [3.8, 4) is 0 Å². The summed E-state index contributed by atoms with van der Waals surface area (Å²) in [7, 11) is 0. The maximum atomic E-state index is 6.15. The van der Waals surface area contributed by atoms with E-state index in [1.165, 1.54) is 30.4 Å². The van der Waals surface area contributed by atoms with Gasteiger partial charge in [0.1, 0.15) is 0 Å². The molecular formula is C16H26ClN. The van der Waals surface area contributed by atoms with E-state index in [-0.39, 0.29) is 0 Å². The Hall–Kier alpha value is -0.530. The summed E-state index contributed by atoms with van der Waals surface area (Å²) in [5, 5.41) is 4.41. The summed E-state index contributed by atoms with van der Waals surface area (Å²) in [5.41, 5.74) is 2.56. The molecule has 1 unspecified atom stereocenters. The lowest BCUT2D eigenvalue weighted by Gasteiger charge is -2.19. The molecule has 0 saturated heterocycles. The van der Waals surface area contributed by atoms with Gasteiger partial charge in [-0.2, -0.15) is 0 Å². The van der Waals surface area contributed by atoms with Crippen molar-refractivity contribution in [3.63, 3.8) is 0 Å². The molecule has 0 aromatic heterocycles. The highest BCUT2D eigenvalue weighted by atomic mass is 35.5. The van der Waals surface area contributed by atoms with Crippen LogP contribution in [-0.4, -0.2) is 6.54 Å². The van der Waals surface area contributed by atoms with Gasteiger partial charge in [-0.05, 0) is 49.1 Å². The van der Waals surface area contributed by atoms with Crippen molar-refractivity contribution in [1.82, 2.24) is 5.32 Å². The Morgan fingerprint density at radius 2 is 1.89 bits per heavy atom. The summed E-state index contributed by atoms with van der Waals surface area (Å²) in [4.78, 5) is 0. The minimum Gasteiger partial charge on any atom is -0.310 e. The maximum absolute atomic E-state index is 6.15. The third kappa shape index (κ3) is 5.41. The highest BCUT2D eigenvalue weighted by molar-refractivity contribution is 6.30. The predicted octanol–water partition coefficient (Wildman–Crippen LogP) is 5.13. The van der Waals surface area contributed by atoms with Crippen LogP contribution in [0.1, 0.15) is 57.2 Å². The van der Waals surface area contributed by atoms with Crippen LogP contribution in [0.4, 0.5) is 0 Å². The summed E-state index contributed by atoms with van der Waals surface area (Å²) in [6.07, 6.45) is 3.74. The average Bonchev–Trinajstić information content (AvgIpc) is 2.26. The van der Waals surface area contributed by atoms with Crippen LogP contribution in [0.15, 0.2) is 18.2 Å². The van der Waals surface area contributed by atoms with Crippen molar-refractivity contribution in [1.29, 1.82) is 0 Å². The molecule has 0 heterocycles. The fourth-order valence-corrected chi connectivity index (χ4v) is 2.63. The minimum absolute atomic E-state index is 0.436. The first-order valence-electron chi connectivity index (χ1n) is 7.03. The molecule has 0 aliphatic rings. The Morgan fingerprint density at radius 1 is 1.17 bits per heavy atom. The zero-order valence-corrected chi connectivity index (χ0v) is 12.8. The van der Waals surface area contributed by atoms with Gasteiger partial charge in [0, 0.05) is 11.1 Å². The molecule has 1 aromatic carbocycles. The Kier molecular flexibility index (Phi) is 6.73. The fourth-order valence-electron chi connectivity index (χ4n) is 2.33. The zero-order chi connectivity index (χ0) is 13.5. The molecule has 0 amide bonds. The first kappa shape index (κ1) is 15.5. The number of halogens is 1. The van der Waals surface area contributed by atoms with E-state index in [0.717, 1.165) is 17.5 Å². The van der Waals surface area contributed by atoms with Gasteiger partial charge < -0.3 is 5.32 Å². The number of rotatable bonds is 7. The van der Waals surface area contributed by atoms with E-state index in [1.807, 2.05) is 6.07 Å². The number of aryl methyl sites for hydroxylation is 1. The van der Waals surface area contributed by atoms with Crippen molar-refractivity contribution >= 4 is 11.6 Å². The number of hydrogen-bond donors (Lipinski definition) is 1. The second-order valence-corrected chi connectivity index (χ2v) is 5.93. The Balaban J connectivity index is 2.70. The topological polar surface area (TPSA) is 12.0 Å². The van der Waals surface area contributed by atoms with E-state index in [4.69, 9.17) is 11.6 Å². The molecular weight excluding hydrogens is 242 g/mol. The van der Waals surface area contributed by atoms with Gasteiger partial charge in [-0.25, -0.2) is 0 Å². The molecule has 102 valence electrons. The number of benzene rings is 1. The fraction of sp³-hybridized carbons (Fsp3) is 0.625. The normalized spacial score (nSPS) is 13.0. The first-order valence-corrected chi connectivity index (χ1v) is 7.41. The Bertz CT molecular complexity index is 340. The zero-order valence-electron chi connectivity index (χ0n) is 12.1. The van der Waals surface area contributed by atoms with E-state index >= 15 is 0 Å². The van der Waals surface area contributed by atoms with Crippen LogP contribution in [0.2, 0.25) is 5.02 Å². The second kappa shape index (κ2) is 7.81. The maximum Gasteiger partial charge on any atom is 0.0411 e. The third-order valence-corrected chi connectivity index (χ3v) is 3.41. The van der Waals surface area contributed by atoms with Gasteiger partial charge in [-0.3, -0.25) is 0 Å². The summed E-state index contributed by atoms with van der Waals surface area (Å²) < 4.78 is 0. The summed E-state index contributed by atoms with van der Waals surface area (Å²) in [6, 6.07) is 6.79. The lowest BCUT2D eigenvalue weighted by Crippen LogP contribution is -2.21. The van der Waals surface area contributed by atoms with E-state index in [0.29, 0.717) is 6.04 Å². The molecule has 0 radical (unpaired) electrons. The van der Waals surface area contributed by atoms with Crippen molar-refractivity contribution in [2.24, 2.45) is 5.92 Å². The molecule has 1 nitrogen and oxygen atoms in total. The lowest BCUT2D eigenvalue weighted by atomic mass is 9.97.